The predicted octanol–water partition coefficient (Wildman–Crippen LogP) is -0.184. The zero-order chi connectivity index (χ0) is 14.2. The van der Waals surface area contributed by atoms with Crippen LogP contribution < -0.4 is 23.8 Å². The van der Waals surface area contributed by atoms with Crippen LogP contribution >= 0.6 is 0 Å². The SMILES string of the molecule is O=C(c1[c-]c2c3c(c1)CCCN3CCC2)N1CCCCC1.[Li+]. The molecule has 1 amide bonds. The van der Waals surface area contributed by atoms with Crippen molar-refractivity contribution >= 4 is 11.6 Å². The molecule has 0 unspecified atom stereocenters. The van der Waals surface area contributed by atoms with Gasteiger partial charge in [-0.15, -0.1) is 23.3 Å². The first-order chi connectivity index (χ1) is 10.3. The molecule has 22 heavy (non-hydrogen) atoms. The maximum atomic E-state index is 12.7. The van der Waals surface area contributed by atoms with Crippen molar-refractivity contribution < 1.29 is 23.7 Å². The summed E-state index contributed by atoms with van der Waals surface area (Å²) in [5.74, 6) is 0.205. The van der Waals surface area contributed by atoms with E-state index in [1.165, 1.54) is 49.2 Å². The zero-order valence-corrected chi connectivity index (χ0v) is 13.7. The minimum Gasteiger partial charge on any atom is -0.410 e. The summed E-state index contributed by atoms with van der Waals surface area (Å²) in [6.45, 7) is 4.19. The van der Waals surface area contributed by atoms with Crippen LogP contribution in [0, 0.1) is 6.07 Å². The minimum absolute atomic E-state index is 0. The third kappa shape index (κ3) is 2.82. The molecule has 112 valence electrons. The Bertz CT molecular complexity index is 535. The number of hydrogen-bond acceptors (Lipinski definition) is 2. The number of carbonyl (C=O) groups excluding carboxylic acids is 1. The third-order valence-electron chi connectivity index (χ3n) is 5.11. The van der Waals surface area contributed by atoms with Crippen molar-refractivity contribution in [3.8, 4) is 0 Å². The molecule has 4 heteroatoms. The molecule has 1 saturated heterocycles. The van der Waals surface area contributed by atoms with Crippen LogP contribution in [0.3, 0.4) is 0 Å². The Balaban J connectivity index is 0.00000144. The average Bonchev–Trinajstić information content (AvgIpc) is 2.55. The Hall–Kier alpha value is -0.913. The number of nitrogens with zero attached hydrogens (tertiary/aromatic N) is 2. The summed E-state index contributed by atoms with van der Waals surface area (Å²) in [7, 11) is 0. The molecule has 3 nitrogen and oxygen atoms in total. The molecule has 0 aliphatic carbocycles. The Kier molecular flexibility index (Phi) is 4.85. The van der Waals surface area contributed by atoms with Crippen LogP contribution in [-0.2, 0) is 12.8 Å². The number of anilines is 1. The number of hydrogen-bond donors (Lipinski definition) is 0. The first-order valence-electron chi connectivity index (χ1n) is 8.45. The fourth-order valence-corrected chi connectivity index (χ4v) is 4.08. The molecular weight excluding hydrogens is 267 g/mol. The van der Waals surface area contributed by atoms with Crippen LogP contribution in [-0.4, -0.2) is 37.0 Å². The van der Waals surface area contributed by atoms with Crippen molar-refractivity contribution in [2.75, 3.05) is 31.1 Å². The summed E-state index contributed by atoms with van der Waals surface area (Å²) in [6.07, 6.45) is 8.18. The summed E-state index contributed by atoms with van der Waals surface area (Å²) in [6, 6.07) is 5.60. The van der Waals surface area contributed by atoms with Gasteiger partial charge in [0, 0.05) is 26.2 Å². The molecule has 0 atom stereocenters. The summed E-state index contributed by atoms with van der Waals surface area (Å²) in [4.78, 5) is 17.3. The molecule has 0 N–H and O–H groups in total. The molecule has 1 aromatic carbocycles. The third-order valence-corrected chi connectivity index (χ3v) is 5.11. The fraction of sp³-hybridized carbons (Fsp3) is 0.611. The summed E-state index contributed by atoms with van der Waals surface area (Å²) < 4.78 is 0. The van der Waals surface area contributed by atoms with Crippen molar-refractivity contribution in [1.29, 1.82) is 0 Å². The number of rotatable bonds is 1. The molecular formula is C18H23LiN2O. The molecule has 0 spiro atoms. The Morgan fingerprint density at radius 2 is 1.68 bits per heavy atom. The van der Waals surface area contributed by atoms with E-state index in [0.29, 0.717) is 0 Å². The van der Waals surface area contributed by atoms with Crippen molar-refractivity contribution in [3.05, 3.63) is 28.8 Å². The smallest absolute Gasteiger partial charge is 0.410 e. The molecule has 1 aromatic rings. The monoisotopic (exact) mass is 290 g/mol. The van der Waals surface area contributed by atoms with Crippen molar-refractivity contribution in [1.82, 2.24) is 4.90 Å². The van der Waals surface area contributed by atoms with E-state index in [9.17, 15) is 4.79 Å². The average molecular weight is 290 g/mol. The van der Waals surface area contributed by atoms with E-state index in [-0.39, 0.29) is 24.8 Å². The Labute approximate surface area is 145 Å². The minimum atomic E-state index is 0. The summed E-state index contributed by atoms with van der Waals surface area (Å²) in [5, 5.41) is 0. The van der Waals surface area contributed by atoms with Gasteiger partial charge in [-0.25, -0.2) is 0 Å². The number of likely N-dealkylation sites (tertiary alicyclic amines) is 1. The van der Waals surface area contributed by atoms with Gasteiger partial charge in [-0.2, -0.15) is 0 Å². The number of benzene rings is 1. The fourth-order valence-electron chi connectivity index (χ4n) is 4.08. The van der Waals surface area contributed by atoms with Crippen LogP contribution in [0.1, 0.15) is 53.6 Å². The van der Waals surface area contributed by atoms with Crippen molar-refractivity contribution in [3.63, 3.8) is 0 Å². The van der Waals surface area contributed by atoms with Gasteiger partial charge >= 0.3 is 18.9 Å². The first-order valence-corrected chi connectivity index (χ1v) is 8.45. The van der Waals surface area contributed by atoms with Gasteiger partial charge in [-0.05, 0) is 50.6 Å². The molecule has 3 aliphatic heterocycles. The van der Waals surface area contributed by atoms with Gasteiger partial charge < -0.3 is 14.6 Å². The van der Waals surface area contributed by atoms with Gasteiger partial charge in [0.05, 0.1) is 0 Å². The van der Waals surface area contributed by atoms with E-state index in [2.05, 4.69) is 17.0 Å². The van der Waals surface area contributed by atoms with Gasteiger partial charge in [-0.3, -0.25) is 0 Å². The molecule has 3 heterocycles. The van der Waals surface area contributed by atoms with E-state index in [0.717, 1.165) is 44.3 Å². The van der Waals surface area contributed by atoms with Gasteiger partial charge in [0.2, 0.25) is 0 Å². The molecule has 4 rings (SSSR count). The van der Waals surface area contributed by atoms with Crippen LogP contribution in [0.5, 0.6) is 0 Å². The van der Waals surface area contributed by atoms with Crippen LogP contribution in [0.4, 0.5) is 5.69 Å². The topological polar surface area (TPSA) is 23.6 Å². The van der Waals surface area contributed by atoms with E-state index < -0.39 is 0 Å². The molecule has 1 fully saturated rings. The Morgan fingerprint density at radius 3 is 2.45 bits per heavy atom. The van der Waals surface area contributed by atoms with Gasteiger partial charge in [0.15, 0.2) is 5.91 Å². The molecule has 0 saturated carbocycles. The van der Waals surface area contributed by atoms with Crippen LogP contribution in [0.2, 0.25) is 0 Å². The van der Waals surface area contributed by atoms with Gasteiger partial charge in [0.25, 0.3) is 0 Å². The summed E-state index contributed by atoms with van der Waals surface area (Å²) in [5.41, 5.74) is 4.89. The second-order valence-electron chi connectivity index (χ2n) is 6.58. The molecule has 0 radical (unpaired) electrons. The number of carbonyl (C=O) groups is 1. The standard InChI is InChI=1S/C18H23N2O.Li/c21-18(20-8-2-1-3-9-20)16-12-14-6-4-10-19-11-5-7-15(13-16)17(14)19;/h12H,1-11H2;/q-1;+1. The predicted molar refractivity (Wildman–Crippen MR) is 83.9 cm³/mol. The first kappa shape index (κ1) is 16.0. The maximum absolute atomic E-state index is 12.7. The number of aryl methyl sites for hydroxylation is 2. The van der Waals surface area contributed by atoms with E-state index in [1.54, 1.807) is 0 Å². The van der Waals surface area contributed by atoms with Crippen LogP contribution in [0.15, 0.2) is 6.07 Å². The van der Waals surface area contributed by atoms with Gasteiger partial charge in [0.1, 0.15) is 0 Å². The largest absolute Gasteiger partial charge is 1.00 e. The molecule has 3 aliphatic rings. The second-order valence-corrected chi connectivity index (χ2v) is 6.58. The van der Waals surface area contributed by atoms with E-state index in [4.69, 9.17) is 0 Å². The number of amides is 1. The van der Waals surface area contributed by atoms with Crippen LogP contribution in [0.25, 0.3) is 0 Å². The second kappa shape index (κ2) is 6.68. The van der Waals surface area contributed by atoms with E-state index in [1.807, 2.05) is 4.90 Å². The molecule has 0 aromatic heterocycles. The molecule has 0 bridgehead atoms. The number of piperidine rings is 1. The normalized spacial score (nSPS) is 20.2. The zero-order valence-electron chi connectivity index (χ0n) is 13.7. The Morgan fingerprint density at radius 1 is 0.955 bits per heavy atom. The van der Waals surface area contributed by atoms with Crippen molar-refractivity contribution in [2.24, 2.45) is 0 Å². The quantitative estimate of drug-likeness (QED) is 0.529. The van der Waals surface area contributed by atoms with Crippen molar-refractivity contribution in [2.45, 2.75) is 44.9 Å². The summed E-state index contributed by atoms with van der Waals surface area (Å²) >= 11 is 0. The van der Waals surface area contributed by atoms with E-state index >= 15 is 0 Å². The van der Waals surface area contributed by atoms with Gasteiger partial charge in [-0.1, -0.05) is 5.56 Å². The maximum Gasteiger partial charge on any atom is 1.00 e.